The van der Waals surface area contributed by atoms with Gasteiger partial charge in [0.1, 0.15) is 0 Å². The number of likely N-dealkylation sites (N-methyl/N-ethyl adjacent to an activating group) is 1. The molecule has 1 fully saturated rings. The van der Waals surface area contributed by atoms with E-state index in [1.807, 2.05) is 4.90 Å². The Hall–Kier alpha value is -1.88. The van der Waals surface area contributed by atoms with E-state index < -0.39 is 0 Å². The first kappa shape index (κ1) is 19.4. The van der Waals surface area contributed by atoms with Gasteiger partial charge < -0.3 is 10.2 Å². The van der Waals surface area contributed by atoms with E-state index in [1.54, 1.807) is 11.9 Å². The van der Waals surface area contributed by atoms with Gasteiger partial charge in [0.15, 0.2) is 0 Å². The lowest BCUT2D eigenvalue weighted by molar-refractivity contribution is -0.135. The first-order valence-corrected chi connectivity index (χ1v) is 9.13. The highest BCUT2D eigenvalue weighted by Gasteiger charge is 2.24. The Morgan fingerprint density at radius 3 is 2.20 bits per heavy atom. The van der Waals surface area contributed by atoms with Crippen molar-refractivity contribution >= 4 is 11.8 Å². The zero-order chi connectivity index (χ0) is 18.6. The molecule has 0 radical (unpaired) electrons. The summed E-state index contributed by atoms with van der Waals surface area (Å²) in [5, 5.41) is 3.15. The van der Waals surface area contributed by atoms with Crippen LogP contribution >= 0.6 is 0 Å². The average Bonchev–Trinajstić information content (AvgIpc) is 2.56. The summed E-state index contributed by atoms with van der Waals surface area (Å²) in [7, 11) is 1.80. The minimum absolute atomic E-state index is 0.0168. The molecule has 1 aromatic carbocycles. The van der Waals surface area contributed by atoms with Gasteiger partial charge in [0.25, 0.3) is 0 Å². The molecule has 2 amide bonds. The van der Waals surface area contributed by atoms with Crippen LogP contribution in [0.5, 0.6) is 0 Å². The third-order valence-electron chi connectivity index (χ3n) is 4.85. The molecule has 0 bridgehead atoms. The van der Waals surface area contributed by atoms with Gasteiger partial charge in [-0.1, -0.05) is 52.0 Å². The molecular weight excluding hydrogens is 314 g/mol. The van der Waals surface area contributed by atoms with Crippen molar-refractivity contribution in [1.29, 1.82) is 0 Å². The van der Waals surface area contributed by atoms with E-state index in [-0.39, 0.29) is 24.4 Å². The van der Waals surface area contributed by atoms with Crippen molar-refractivity contribution in [3.05, 3.63) is 35.4 Å². The van der Waals surface area contributed by atoms with Crippen LogP contribution in [0, 0.1) is 5.92 Å². The maximum absolute atomic E-state index is 12.5. The molecule has 25 heavy (non-hydrogen) atoms. The quantitative estimate of drug-likeness (QED) is 0.861. The summed E-state index contributed by atoms with van der Waals surface area (Å²) in [4.78, 5) is 27.9. The van der Waals surface area contributed by atoms with E-state index in [0.29, 0.717) is 24.9 Å². The van der Waals surface area contributed by atoms with Gasteiger partial charge in [-0.2, -0.15) is 0 Å². The van der Waals surface area contributed by atoms with Crippen LogP contribution in [0.2, 0.25) is 0 Å². The molecule has 1 aliphatic heterocycles. The Bertz CT molecular complexity index is 595. The van der Waals surface area contributed by atoms with Crippen LogP contribution in [0.3, 0.4) is 0 Å². The lowest BCUT2D eigenvalue weighted by atomic mass is 9.93. The Morgan fingerprint density at radius 1 is 1.08 bits per heavy atom. The predicted molar refractivity (Wildman–Crippen MR) is 100 cm³/mol. The van der Waals surface area contributed by atoms with E-state index in [9.17, 15) is 9.59 Å². The molecule has 1 aromatic rings. The second-order valence-corrected chi connectivity index (χ2v) is 7.64. The van der Waals surface area contributed by atoms with Crippen molar-refractivity contribution in [2.45, 2.75) is 39.7 Å². The van der Waals surface area contributed by atoms with Crippen LogP contribution < -0.4 is 5.32 Å². The number of amides is 2. The molecule has 0 aliphatic carbocycles. The predicted octanol–water partition coefficient (Wildman–Crippen LogP) is 2.40. The summed E-state index contributed by atoms with van der Waals surface area (Å²) in [5.41, 5.74) is 2.43. The van der Waals surface area contributed by atoms with E-state index in [2.05, 4.69) is 57.3 Å². The topological polar surface area (TPSA) is 52.7 Å². The maximum Gasteiger partial charge on any atom is 0.236 e. The molecule has 0 unspecified atom stereocenters. The van der Waals surface area contributed by atoms with Gasteiger partial charge in [-0.05, 0) is 23.0 Å². The number of carbonyl (C=O) groups is 2. The minimum atomic E-state index is -0.0241. The normalized spacial score (nSPS) is 17.2. The molecule has 1 atom stereocenters. The highest BCUT2D eigenvalue weighted by atomic mass is 16.2. The van der Waals surface area contributed by atoms with E-state index in [0.717, 1.165) is 12.1 Å². The van der Waals surface area contributed by atoms with Gasteiger partial charge in [-0.15, -0.1) is 0 Å². The molecule has 138 valence electrons. The van der Waals surface area contributed by atoms with Gasteiger partial charge >= 0.3 is 0 Å². The fraction of sp³-hybridized carbons (Fsp3) is 0.600. The van der Waals surface area contributed by atoms with E-state index in [1.165, 1.54) is 5.56 Å². The van der Waals surface area contributed by atoms with Crippen LogP contribution in [-0.4, -0.2) is 54.8 Å². The largest absolute Gasteiger partial charge is 0.348 e. The van der Waals surface area contributed by atoms with Crippen LogP contribution in [0.1, 0.15) is 50.8 Å². The van der Waals surface area contributed by atoms with Crippen molar-refractivity contribution in [3.8, 4) is 0 Å². The molecule has 5 nitrogen and oxygen atoms in total. The number of nitrogens with zero attached hydrogens (tertiary/aromatic N) is 2. The number of piperazine rings is 1. The molecule has 0 saturated carbocycles. The smallest absolute Gasteiger partial charge is 0.236 e. The standard InChI is InChI=1S/C20H31N3O2/c1-14(2)16-6-8-17(9-7-16)20(15(3)4)21-18(24)12-23-11-10-22(5)19(25)13-23/h6-9,14-15,20H,10-13H2,1-5H3,(H,21,24)/t20-/m1/s1. The molecule has 1 heterocycles. The summed E-state index contributed by atoms with van der Waals surface area (Å²) >= 11 is 0. The number of carbonyl (C=O) groups excluding carboxylic acids is 2. The van der Waals surface area contributed by atoms with Gasteiger partial charge in [-0.25, -0.2) is 0 Å². The lowest BCUT2D eigenvalue weighted by Gasteiger charge is -2.32. The third kappa shape index (κ3) is 5.30. The van der Waals surface area contributed by atoms with Crippen molar-refractivity contribution in [2.75, 3.05) is 33.2 Å². The molecule has 5 heteroatoms. The molecule has 0 spiro atoms. The van der Waals surface area contributed by atoms with Crippen LogP contribution in [0.25, 0.3) is 0 Å². The first-order valence-electron chi connectivity index (χ1n) is 9.13. The third-order valence-corrected chi connectivity index (χ3v) is 4.85. The summed E-state index contributed by atoms with van der Waals surface area (Å²) in [6, 6.07) is 8.48. The number of nitrogens with one attached hydrogen (secondary N) is 1. The second-order valence-electron chi connectivity index (χ2n) is 7.64. The molecule has 1 aliphatic rings. The van der Waals surface area contributed by atoms with Crippen LogP contribution in [-0.2, 0) is 9.59 Å². The zero-order valence-corrected chi connectivity index (χ0v) is 16.1. The van der Waals surface area contributed by atoms with Gasteiger partial charge in [0.05, 0.1) is 19.1 Å². The fourth-order valence-electron chi connectivity index (χ4n) is 3.09. The van der Waals surface area contributed by atoms with Crippen molar-refractivity contribution in [1.82, 2.24) is 15.1 Å². The molecule has 2 rings (SSSR count). The minimum Gasteiger partial charge on any atom is -0.348 e. The Labute approximate surface area is 151 Å². The summed E-state index contributed by atoms with van der Waals surface area (Å²) in [6.45, 7) is 10.6. The van der Waals surface area contributed by atoms with E-state index >= 15 is 0 Å². The van der Waals surface area contributed by atoms with Crippen molar-refractivity contribution in [2.24, 2.45) is 5.92 Å². The number of hydrogen-bond acceptors (Lipinski definition) is 3. The molecule has 0 aromatic heterocycles. The summed E-state index contributed by atoms with van der Waals surface area (Å²) < 4.78 is 0. The molecule has 1 N–H and O–H groups in total. The van der Waals surface area contributed by atoms with Crippen molar-refractivity contribution < 1.29 is 9.59 Å². The Morgan fingerprint density at radius 2 is 1.68 bits per heavy atom. The second kappa shape index (κ2) is 8.48. The van der Waals surface area contributed by atoms with Gasteiger partial charge in [0, 0.05) is 20.1 Å². The van der Waals surface area contributed by atoms with Crippen LogP contribution in [0.4, 0.5) is 0 Å². The number of rotatable bonds is 6. The highest BCUT2D eigenvalue weighted by Crippen LogP contribution is 2.24. The van der Waals surface area contributed by atoms with Crippen molar-refractivity contribution in [3.63, 3.8) is 0 Å². The summed E-state index contributed by atoms with van der Waals surface area (Å²) in [6.07, 6.45) is 0. The number of benzene rings is 1. The fourth-order valence-corrected chi connectivity index (χ4v) is 3.09. The zero-order valence-electron chi connectivity index (χ0n) is 16.1. The maximum atomic E-state index is 12.5. The van der Waals surface area contributed by atoms with Crippen LogP contribution in [0.15, 0.2) is 24.3 Å². The first-order chi connectivity index (χ1) is 11.8. The summed E-state index contributed by atoms with van der Waals surface area (Å²) in [5.74, 6) is 0.839. The van der Waals surface area contributed by atoms with Gasteiger partial charge in [0.2, 0.25) is 11.8 Å². The SMILES string of the molecule is CC(C)c1ccc([C@H](NC(=O)CN2CCN(C)C(=O)C2)C(C)C)cc1. The number of hydrogen-bond donors (Lipinski definition) is 1. The molecular formula is C20H31N3O2. The Kier molecular flexibility index (Phi) is 6.59. The highest BCUT2D eigenvalue weighted by molar-refractivity contribution is 5.82. The van der Waals surface area contributed by atoms with E-state index in [4.69, 9.17) is 0 Å². The lowest BCUT2D eigenvalue weighted by Crippen LogP contribution is -2.51. The average molecular weight is 345 g/mol. The molecule has 1 saturated heterocycles. The Balaban J connectivity index is 1.98. The van der Waals surface area contributed by atoms with Gasteiger partial charge in [-0.3, -0.25) is 14.5 Å². The monoisotopic (exact) mass is 345 g/mol.